The van der Waals surface area contributed by atoms with E-state index >= 15 is 0 Å². The molecule has 3 unspecified atom stereocenters. The van der Waals surface area contributed by atoms with Crippen LogP contribution < -0.4 is 0 Å². The summed E-state index contributed by atoms with van der Waals surface area (Å²) in [6.07, 6.45) is 14.8. The van der Waals surface area contributed by atoms with Crippen LogP contribution in [-0.2, 0) is 19.1 Å². The van der Waals surface area contributed by atoms with Gasteiger partial charge in [-0.15, -0.1) is 0 Å². The van der Waals surface area contributed by atoms with Gasteiger partial charge >= 0.3 is 17.9 Å². The molecule has 0 rings (SSSR count). The molecule has 0 fully saturated rings. The van der Waals surface area contributed by atoms with E-state index in [1.807, 2.05) is 0 Å². The summed E-state index contributed by atoms with van der Waals surface area (Å²) in [6.45, 7) is 5.55. The lowest BCUT2D eigenvalue weighted by Gasteiger charge is -2.14. The molecule has 0 aromatic rings. The smallest absolute Gasteiger partial charge is 0.306 e. The van der Waals surface area contributed by atoms with Crippen LogP contribution in [0.3, 0.4) is 0 Å². The molecule has 0 saturated carbocycles. The fraction of sp³-hybridized carbons (Fsp3) is 0.900. The number of carboxylic acids is 2. The van der Waals surface area contributed by atoms with Crippen molar-refractivity contribution in [3.63, 3.8) is 0 Å². The molecule has 0 aliphatic carbocycles. The number of carbonyl (C=O) groups is 3. The van der Waals surface area contributed by atoms with Gasteiger partial charge in [0.2, 0.25) is 0 Å². The number of esters is 1. The van der Waals surface area contributed by atoms with Crippen LogP contribution in [0.25, 0.3) is 0 Å². The Labute approximate surface area is 242 Å². The number of hydrogen-bond acceptors (Lipinski definition) is 8. The number of rotatable bonds is 24. The van der Waals surface area contributed by atoms with Gasteiger partial charge in [-0.05, 0) is 25.7 Å². The fourth-order valence-corrected chi connectivity index (χ4v) is 3.63. The summed E-state index contributed by atoms with van der Waals surface area (Å²) in [5, 5.41) is 52.4. The van der Waals surface area contributed by atoms with Crippen molar-refractivity contribution in [1.29, 1.82) is 0 Å². The fourth-order valence-electron chi connectivity index (χ4n) is 3.63. The third kappa shape index (κ3) is 36.2. The van der Waals surface area contributed by atoms with Gasteiger partial charge in [0.05, 0.1) is 25.2 Å². The highest BCUT2D eigenvalue weighted by molar-refractivity contribution is 5.70. The molecule has 0 aromatic carbocycles. The summed E-state index contributed by atoms with van der Waals surface area (Å²) in [6, 6.07) is 0. The van der Waals surface area contributed by atoms with E-state index in [0.717, 1.165) is 57.8 Å². The molecule has 240 valence electrons. The molecule has 0 heterocycles. The van der Waals surface area contributed by atoms with Gasteiger partial charge in [0.1, 0.15) is 12.7 Å². The molecule has 0 radical (unpaired) electrons. The summed E-state index contributed by atoms with van der Waals surface area (Å²) >= 11 is 0. The molecule has 6 N–H and O–H groups in total. The Morgan fingerprint density at radius 1 is 0.625 bits per heavy atom. The number of aliphatic hydroxyl groups is 4. The van der Waals surface area contributed by atoms with Gasteiger partial charge in [0.15, 0.2) is 0 Å². The Kier molecular flexibility index (Phi) is 35.7. The minimum atomic E-state index is -0.950. The van der Waals surface area contributed by atoms with Gasteiger partial charge in [-0.3, -0.25) is 14.4 Å². The van der Waals surface area contributed by atoms with Gasteiger partial charge in [-0.25, -0.2) is 0 Å². The van der Waals surface area contributed by atoms with Crippen molar-refractivity contribution in [3.05, 3.63) is 0 Å². The van der Waals surface area contributed by atoms with E-state index in [0.29, 0.717) is 19.3 Å². The summed E-state index contributed by atoms with van der Waals surface area (Å²) in [5.74, 6) is -2.36. The Hall–Kier alpha value is -1.75. The number of unbranched alkanes of at least 4 members (excludes halogenated alkanes) is 11. The van der Waals surface area contributed by atoms with E-state index < -0.39 is 30.1 Å². The zero-order valence-electron chi connectivity index (χ0n) is 25.4. The Morgan fingerprint density at radius 3 is 1.50 bits per heavy atom. The Morgan fingerprint density at radius 2 is 1.07 bits per heavy atom. The molecule has 3 atom stereocenters. The first-order chi connectivity index (χ1) is 19.1. The van der Waals surface area contributed by atoms with Crippen LogP contribution in [0.15, 0.2) is 0 Å². The highest BCUT2D eigenvalue weighted by Crippen LogP contribution is 2.16. The lowest BCUT2D eigenvalue weighted by molar-refractivity contribution is -0.147. The molecule has 0 aromatic heterocycles. The van der Waals surface area contributed by atoms with E-state index in [-0.39, 0.29) is 32.2 Å². The molecular weight excluding hydrogens is 520 g/mol. The monoisotopic (exact) mass is 580 g/mol. The minimum absolute atomic E-state index is 0.107. The van der Waals surface area contributed by atoms with Crippen molar-refractivity contribution in [1.82, 2.24) is 0 Å². The van der Waals surface area contributed by atoms with Crippen molar-refractivity contribution in [2.75, 3.05) is 19.8 Å². The van der Waals surface area contributed by atoms with E-state index in [2.05, 4.69) is 20.8 Å². The largest absolute Gasteiger partial charge is 0.481 e. The normalized spacial score (nSPS) is 12.7. The molecule has 0 bridgehead atoms. The van der Waals surface area contributed by atoms with Gasteiger partial charge < -0.3 is 35.4 Å². The number of aliphatic hydroxyl groups excluding tert-OH is 4. The Bertz CT molecular complexity index is 569. The van der Waals surface area contributed by atoms with E-state index in [4.69, 9.17) is 35.4 Å². The second-order valence-electron chi connectivity index (χ2n) is 10.2. The maximum atomic E-state index is 11.1. The average molecular weight is 581 g/mol. The van der Waals surface area contributed by atoms with Crippen LogP contribution in [0, 0.1) is 5.92 Å². The highest BCUT2D eigenvalue weighted by atomic mass is 16.5. The van der Waals surface area contributed by atoms with Gasteiger partial charge in [-0.1, -0.05) is 97.8 Å². The van der Waals surface area contributed by atoms with E-state index in [1.54, 1.807) is 0 Å². The van der Waals surface area contributed by atoms with Crippen molar-refractivity contribution in [3.8, 4) is 0 Å². The second-order valence-corrected chi connectivity index (χ2v) is 10.2. The van der Waals surface area contributed by atoms with Crippen LogP contribution >= 0.6 is 0 Å². The SMILES string of the molecule is CCCCCCC(CC(O)CO)C(=O)O.CCCCCCCC(=O)O.CCCCCCCC(=O)OCC(O)CO. The van der Waals surface area contributed by atoms with Gasteiger partial charge in [0, 0.05) is 12.8 Å². The van der Waals surface area contributed by atoms with Crippen molar-refractivity contribution >= 4 is 17.9 Å². The first-order valence-corrected chi connectivity index (χ1v) is 15.3. The first kappa shape index (κ1) is 42.7. The minimum Gasteiger partial charge on any atom is -0.481 e. The number of hydrogen-bond donors (Lipinski definition) is 6. The van der Waals surface area contributed by atoms with Crippen LogP contribution in [0.5, 0.6) is 0 Å². The lowest BCUT2D eigenvalue weighted by Crippen LogP contribution is -2.23. The Balaban J connectivity index is -0.000000525. The zero-order valence-corrected chi connectivity index (χ0v) is 25.4. The second kappa shape index (κ2) is 33.5. The molecule has 0 aliphatic rings. The summed E-state index contributed by atoms with van der Waals surface area (Å²) in [7, 11) is 0. The number of aliphatic carboxylic acids is 2. The lowest BCUT2D eigenvalue weighted by atomic mass is 9.95. The van der Waals surface area contributed by atoms with Crippen molar-refractivity contribution in [2.24, 2.45) is 5.92 Å². The first-order valence-electron chi connectivity index (χ1n) is 15.3. The standard InChI is InChI=1S/2C11H22O4.C8H16O2/c1-2-3-4-5-6-9(11(14)15)7-10(13)8-12;1-2-3-4-5-6-7-11(14)15-9-10(13)8-12;1-2-3-4-5-6-7-8(9)10/h9-10,12-13H,2-8H2,1H3,(H,14,15);10,12-13H,2-9H2,1H3;2-7H2,1H3,(H,9,10). The quantitative estimate of drug-likeness (QED) is 0.0665. The third-order valence-corrected chi connectivity index (χ3v) is 6.15. The molecule has 0 amide bonds. The number of carbonyl (C=O) groups excluding carboxylic acids is 1. The summed E-state index contributed by atoms with van der Waals surface area (Å²) in [4.78, 5) is 31.9. The molecule has 40 heavy (non-hydrogen) atoms. The third-order valence-electron chi connectivity index (χ3n) is 6.15. The summed E-state index contributed by atoms with van der Waals surface area (Å²) < 4.78 is 4.75. The zero-order chi connectivity index (χ0) is 31.0. The molecule has 0 spiro atoms. The maximum Gasteiger partial charge on any atom is 0.306 e. The van der Waals surface area contributed by atoms with Crippen LogP contribution in [-0.4, -0.2) is 80.6 Å². The van der Waals surface area contributed by atoms with Crippen LogP contribution in [0.2, 0.25) is 0 Å². The van der Waals surface area contributed by atoms with E-state index in [1.165, 1.54) is 32.1 Å². The molecule has 10 nitrogen and oxygen atoms in total. The topological polar surface area (TPSA) is 182 Å². The van der Waals surface area contributed by atoms with Crippen molar-refractivity contribution in [2.45, 2.75) is 149 Å². The highest BCUT2D eigenvalue weighted by Gasteiger charge is 2.20. The maximum absolute atomic E-state index is 11.1. The molecule has 10 heteroatoms. The molecule has 0 aliphatic heterocycles. The number of carboxylic acid groups (broad SMARTS) is 2. The predicted molar refractivity (Wildman–Crippen MR) is 156 cm³/mol. The number of ether oxygens (including phenoxy) is 1. The van der Waals surface area contributed by atoms with Crippen molar-refractivity contribution < 1.29 is 49.8 Å². The van der Waals surface area contributed by atoms with Crippen LogP contribution in [0.1, 0.15) is 136 Å². The van der Waals surface area contributed by atoms with Crippen LogP contribution in [0.4, 0.5) is 0 Å². The molecule has 0 saturated heterocycles. The average Bonchev–Trinajstić information content (AvgIpc) is 2.93. The van der Waals surface area contributed by atoms with E-state index in [9.17, 15) is 14.4 Å². The predicted octanol–water partition coefficient (Wildman–Crippen LogP) is 5.08. The van der Waals surface area contributed by atoms with Gasteiger partial charge in [-0.2, -0.15) is 0 Å². The molecular formula is C30H60O10. The summed E-state index contributed by atoms with van der Waals surface area (Å²) in [5.41, 5.74) is 0. The van der Waals surface area contributed by atoms with Gasteiger partial charge in [0.25, 0.3) is 0 Å².